The number of imidazole rings is 1. The van der Waals surface area contributed by atoms with Crippen molar-refractivity contribution in [2.45, 2.75) is 6.92 Å². The van der Waals surface area contributed by atoms with Gasteiger partial charge in [0.15, 0.2) is 5.76 Å². The number of halogens is 2. The zero-order chi connectivity index (χ0) is 22.7. The van der Waals surface area contributed by atoms with Crippen molar-refractivity contribution >= 4 is 64.1 Å². The summed E-state index contributed by atoms with van der Waals surface area (Å²) in [7, 11) is 1.62. The SMILES string of the molecule is COc1ccc(/C=C/c2onc(C)c2NC(=O)/C=C/c2nc3cc(Cl)c(Cl)cc3[nH]2)cc1. The number of methoxy groups -OCH3 is 1. The number of rotatable bonds is 6. The lowest BCUT2D eigenvalue weighted by molar-refractivity contribution is -0.111. The fourth-order valence-corrected chi connectivity index (χ4v) is 3.28. The summed E-state index contributed by atoms with van der Waals surface area (Å²) in [5.74, 6) is 1.35. The molecule has 0 atom stereocenters. The van der Waals surface area contributed by atoms with Crippen LogP contribution in [-0.2, 0) is 4.79 Å². The number of anilines is 1. The second-order valence-corrected chi connectivity index (χ2v) is 7.66. The van der Waals surface area contributed by atoms with E-state index in [1.165, 1.54) is 6.08 Å². The van der Waals surface area contributed by atoms with Crippen LogP contribution < -0.4 is 10.1 Å². The van der Waals surface area contributed by atoms with Crippen molar-refractivity contribution in [1.82, 2.24) is 15.1 Å². The molecule has 0 aliphatic heterocycles. The summed E-state index contributed by atoms with van der Waals surface area (Å²) < 4.78 is 10.5. The first kappa shape index (κ1) is 21.7. The maximum Gasteiger partial charge on any atom is 0.248 e. The number of nitrogens with one attached hydrogen (secondary N) is 2. The van der Waals surface area contributed by atoms with Crippen molar-refractivity contribution < 1.29 is 14.1 Å². The lowest BCUT2D eigenvalue weighted by atomic mass is 10.2. The van der Waals surface area contributed by atoms with Crippen molar-refractivity contribution in [3.63, 3.8) is 0 Å². The smallest absolute Gasteiger partial charge is 0.248 e. The van der Waals surface area contributed by atoms with E-state index in [0.717, 1.165) is 16.8 Å². The summed E-state index contributed by atoms with van der Waals surface area (Å²) in [5.41, 5.74) is 3.38. The van der Waals surface area contributed by atoms with E-state index in [9.17, 15) is 4.79 Å². The number of carbonyl (C=O) groups excluding carboxylic acids is 1. The molecular weight excluding hydrogens is 451 g/mol. The zero-order valence-corrected chi connectivity index (χ0v) is 18.7. The largest absolute Gasteiger partial charge is 0.497 e. The van der Waals surface area contributed by atoms with Crippen LogP contribution in [0.25, 0.3) is 29.3 Å². The van der Waals surface area contributed by atoms with Gasteiger partial charge in [-0.15, -0.1) is 0 Å². The second-order valence-electron chi connectivity index (χ2n) is 6.84. The molecule has 7 nitrogen and oxygen atoms in total. The third-order valence-electron chi connectivity index (χ3n) is 4.62. The van der Waals surface area contributed by atoms with Crippen LogP contribution in [0, 0.1) is 6.92 Å². The van der Waals surface area contributed by atoms with Gasteiger partial charge in [-0.3, -0.25) is 4.79 Å². The molecule has 0 aliphatic carbocycles. The van der Waals surface area contributed by atoms with Crippen molar-refractivity contribution in [1.29, 1.82) is 0 Å². The molecule has 9 heteroatoms. The Morgan fingerprint density at radius 2 is 1.88 bits per heavy atom. The van der Waals surface area contributed by atoms with Crippen molar-refractivity contribution in [2.24, 2.45) is 0 Å². The number of H-pyrrole nitrogens is 1. The molecule has 0 saturated carbocycles. The molecular formula is C23H18Cl2N4O3. The first-order chi connectivity index (χ1) is 15.4. The number of aromatic amines is 1. The minimum absolute atomic E-state index is 0.355. The molecule has 1 amide bonds. The van der Waals surface area contributed by atoms with Gasteiger partial charge in [-0.1, -0.05) is 46.6 Å². The number of ether oxygens (including phenoxy) is 1. The maximum atomic E-state index is 12.5. The molecule has 2 aromatic carbocycles. The van der Waals surface area contributed by atoms with E-state index < -0.39 is 0 Å². The monoisotopic (exact) mass is 468 g/mol. The lowest BCUT2D eigenvalue weighted by Crippen LogP contribution is -2.09. The number of nitrogens with zero attached hydrogens (tertiary/aromatic N) is 2. The topological polar surface area (TPSA) is 93.0 Å². The first-order valence-corrected chi connectivity index (χ1v) is 10.3. The minimum atomic E-state index is -0.355. The number of benzene rings is 2. The highest BCUT2D eigenvalue weighted by Crippen LogP contribution is 2.27. The quantitative estimate of drug-likeness (QED) is 0.338. The van der Waals surface area contributed by atoms with Gasteiger partial charge in [0, 0.05) is 6.08 Å². The number of hydrogen-bond donors (Lipinski definition) is 2. The minimum Gasteiger partial charge on any atom is -0.497 e. The maximum absolute atomic E-state index is 12.5. The molecule has 0 spiro atoms. The van der Waals surface area contributed by atoms with Gasteiger partial charge in [0.1, 0.15) is 23.0 Å². The Morgan fingerprint density at radius 1 is 1.12 bits per heavy atom. The molecule has 0 bridgehead atoms. The van der Waals surface area contributed by atoms with Gasteiger partial charge < -0.3 is 19.6 Å². The van der Waals surface area contributed by atoms with Crippen LogP contribution in [0.2, 0.25) is 10.0 Å². The van der Waals surface area contributed by atoms with Crippen LogP contribution in [0.3, 0.4) is 0 Å². The molecule has 0 fully saturated rings. The first-order valence-electron chi connectivity index (χ1n) is 9.55. The Hall–Kier alpha value is -3.55. The third kappa shape index (κ3) is 4.85. The Labute approximate surface area is 193 Å². The Morgan fingerprint density at radius 3 is 2.62 bits per heavy atom. The molecule has 0 aliphatic rings. The number of carbonyl (C=O) groups is 1. The van der Waals surface area contributed by atoms with E-state index >= 15 is 0 Å². The third-order valence-corrected chi connectivity index (χ3v) is 5.34. The average molecular weight is 469 g/mol. The predicted molar refractivity (Wildman–Crippen MR) is 127 cm³/mol. The van der Waals surface area contributed by atoms with E-state index in [0.29, 0.717) is 38.5 Å². The Bertz CT molecular complexity index is 1300. The normalized spacial score (nSPS) is 11.6. The van der Waals surface area contributed by atoms with Gasteiger partial charge in [0.05, 0.1) is 28.2 Å². The summed E-state index contributed by atoms with van der Waals surface area (Å²) in [6, 6.07) is 10.9. The number of aryl methyl sites for hydroxylation is 1. The van der Waals surface area contributed by atoms with E-state index in [-0.39, 0.29) is 5.91 Å². The van der Waals surface area contributed by atoms with Crippen LogP contribution in [0.1, 0.15) is 22.8 Å². The fourth-order valence-electron chi connectivity index (χ4n) is 2.96. The van der Waals surface area contributed by atoms with Crippen LogP contribution in [0.5, 0.6) is 5.75 Å². The molecule has 4 aromatic rings. The molecule has 32 heavy (non-hydrogen) atoms. The summed E-state index contributed by atoms with van der Waals surface area (Å²) >= 11 is 12.0. The van der Waals surface area contributed by atoms with E-state index in [1.807, 2.05) is 30.3 Å². The molecule has 2 heterocycles. The fraction of sp³-hybridized carbons (Fsp3) is 0.0870. The van der Waals surface area contributed by atoms with E-state index in [1.54, 1.807) is 38.3 Å². The zero-order valence-electron chi connectivity index (χ0n) is 17.1. The number of amides is 1. The number of aromatic nitrogens is 3. The van der Waals surface area contributed by atoms with Crippen LogP contribution in [0.15, 0.2) is 47.0 Å². The molecule has 0 unspecified atom stereocenters. The van der Waals surface area contributed by atoms with Gasteiger partial charge in [-0.2, -0.15) is 0 Å². The molecule has 162 valence electrons. The van der Waals surface area contributed by atoms with Gasteiger partial charge in [0.2, 0.25) is 5.91 Å². The van der Waals surface area contributed by atoms with Crippen molar-refractivity contribution in [3.05, 3.63) is 75.4 Å². The molecule has 2 aromatic heterocycles. The molecule has 0 radical (unpaired) electrons. The van der Waals surface area contributed by atoms with Gasteiger partial charge in [-0.05, 0) is 48.9 Å². The Balaban J connectivity index is 1.47. The number of hydrogen-bond acceptors (Lipinski definition) is 5. The average Bonchev–Trinajstić information content (AvgIpc) is 3.34. The number of fused-ring (bicyclic) bond motifs is 1. The summed E-state index contributed by atoms with van der Waals surface area (Å²) in [6.07, 6.45) is 6.53. The van der Waals surface area contributed by atoms with E-state index in [4.69, 9.17) is 32.5 Å². The van der Waals surface area contributed by atoms with Crippen molar-refractivity contribution in [2.75, 3.05) is 12.4 Å². The van der Waals surface area contributed by atoms with Gasteiger partial charge in [0.25, 0.3) is 0 Å². The summed E-state index contributed by atoms with van der Waals surface area (Å²) in [6.45, 7) is 1.75. The van der Waals surface area contributed by atoms with Crippen LogP contribution >= 0.6 is 23.2 Å². The highest BCUT2D eigenvalue weighted by molar-refractivity contribution is 6.42. The predicted octanol–water partition coefficient (Wildman–Crippen LogP) is 6.00. The van der Waals surface area contributed by atoms with Gasteiger partial charge in [-0.25, -0.2) is 4.98 Å². The lowest BCUT2D eigenvalue weighted by Gasteiger charge is -2.01. The molecule has 2 N–H and O–H groups in total. The summed E-state index contributed by atoms with van der Waals surface area (Å²) in [5, 5.41) is 7.58. The standard InChI is InChI=1S/C23H18Cl2N4O3/c1-13-23(20(32-29-13)8-5-14-3-6-15(31-2)7-4-14)28-22(30)10-9-21-26-18-11-16(24)17(25)12-19(18)27-21/h3-12H,1-2H3,(H,26,27)(H,28,30)/b8-5+,10-9+. The highest BCUT2D eigenvalue weighted by Gasteiger charge is 2.13. The Kier molecular flexibility index (Phi) is 6.30. The van der Waals surface area contributed by atoms with Gasteiger partial charge >= 0.3 is 0 Å². The van der Waals surface area contributed by atoms with Crippen LogP contribution in [0.4, 0.5) is 5.69 Å². The summed E-state index contributed by atoms with van der Waals surface area (Å²) in [4.78, 5) is 19.9. The molecule has 4 rings (SSSR count). The van der Waals surface area contributed by atoms with Crippen LogP contribution in [-0.4, -0.2) is 28.1 Å². The van der Waals surface area contributed by atoms with Crippen molar-refractivity contribution in [3.8, 4) is 5.75 Å². The highest BCUT2D eigenvalue weighted by atomic mass is 35.5. The van der Waals surface area contributed by atoms with E-state index in [2.05, 4.69) is 20.4 Å². The second kappa shape index (κ2) is 9.30. The molecule has 0 saturated heterocycles.